The minimum atomic E-state index is 0.571. The Labute approximate surface area is 148 Å². The van der Waals surface area contributed by atoms with Crippen molar-refractivity contribution in [2.24, 2.45) is 4.99 Å². The van der Waals surface area contributed by atoms with Crippen LogP contribution in [0.3, 0.4) is 0 Å². The summed E-state index contributed by atoms with van der Waals surface area (Å²) in [7, 11) is 6.61. The third-order valence-electron chi connectivity index (χ3n) is 3.72. The molecule has 0 saturated heterocycles. The van der Waals surface area contributed by atoms with Crippen LogP contribution in [0.1, 0.15) is 11.3 Å². The molecule has 2 N–H and O–H groups in total. The molecule has 0 atom stereocenters. The normalized spacial score (nSPS) is 11.1. The number of furan rings is 1. The number of nitrogens with one attached hydrogen (secondary N) is 2. The van der Waals surface area contributed by atoms with Crippen LogP contribution < -0.4 is 24.8 Å². The fourth-order valence-electron chi connectivity index (χ4n) is 2.43. The quantitative estimate of drug-likeness (QED) is 0.563. The van der Waals surface area contributed by atoms with Crippen molar-refractivity contribution in [2.45, 2.75) is 13.0 Å². The zero-order chi connectivity index (χ0) is 18.1. The van der Waals surface area contributed by atoms with Gasteiger partial charge in [0, 0.05) is 31.3 Å². The SMILES string of the molecule is CN=C(NCCc1c(OC)cc(OC)cc1OC)NCc1ccco1. The molecule has 0 aliphatic carbocycles. The number of aliphatic imine (C=N–C) groups is 1. The van der Waals surface area contributed by atoms with Crippen LogP contribution in [0.5, 0.6) is 17.2 Å². The largest absolute Gasteiger partial charge is 0.496 e. The van der Waals surface area contributed by atoms with Crippen LogP contribution in [0.2, 0.25) is 0 Å². The van der Waals surface area contributed by atoms with E-state index in [2.05, 4.69) is 15.6 Å². The molecule has 0 radical (unpaired) electrons. The molecule has 0 unspecified atom stereocenters. The molecule has 0 bridgehead atoms. The lowest BCUT2D eigenvalue weighted by Crippen LogP contribution is -2.37. The van der Waals surface area contributed by atoms with E-state index in [1.54, 1.807) is 34.6 Å². The number of ether oxygens (including phenoxy) is 3. The van der Waals surface area contributed by atoms with Crippen LogP contribution in [0.4, 0.5) is 0 Å². The number of methoxy groups -OCH3 is 3. The summed E-state index contributed by atoms with van der Waals surface area (Å²) >= 11 is 0. The second-order valence-electron chi connectivity index (χ2n) is 5.19. The van der Waals surface area contributed by atoms with Gasteiger partial charge in [-0.15, -0.1) is 0 Å². The number of rotatable bonds is 8. The van der Waals surface area contributed by atoms with Gasteiger partial charge in [0.1, 0.15) is 23.0 Å². The van der Waals surface area contributed by atoms with Gasteiger partial charge in [0.15, 0.2) is 5.96 Å². The van der Waals surface area contributed by atoms with Gasteiger partial charge in [0.05, 0.1) is 34.1 Å². The molecule has 7 nitrogen and oxygen atoms in total. The molecule has 2 aromatic rings. The van der Waals surface area contributed by atoms with Crippen molar-refractivity contribution in [3.63, 3.8) is 0 Å². The number of hydrogen-bond donors (Lipinski definition) is 2. The third kappa shape index (κ3) is 5.07. The van der Waals surface area contributed by atoms with Gasteiger partial charge in [-0.05, 0) is 18.6 Å². The molecule has 0 aliphatic heterocycles. The average Bonchev–Trinajstić information content (AvgIpc) is 3.17. The van der Waals surface area contributed by atoms with Gasteiger partial charge in [-0.2, -0.15) is 0 Å². The van der Waals surface area contributed by atoms with Gasteiger partial charge in [-0.1, -0.05) is 0 Å². The molecule has 1 heterocycles. The van der Waals surface area contributed by atoms with Gasteiger partial charge in [0.25, 0.3) is 0 Å². The maximum absolute atomic E-state index is 5.46. The highest BCUT2D eigenvalue weighted by Crippen LogP contribution is 2.34. The second kappa shape index (κ2) is 9.46. The Kier molecular flexibility index (Phi) is 7.00. The highest BCUT2D eigenvalue weighted by atomic mass is 16.5. The van der Waals surface area contributed by atoms with Gasteiger partial charge in [0.2, 0.25) is 0 Å². The van der Waals surface area contributed by atoms with Crippen LogP contribution >= 0.6 is 0 Å². The third-order valence-corrected chi connectivity index (χ3v) is 3.72. The molecule has 0 spiro atoms. The highest BCUT2D eigenvalue weighted by molar-refractivity contribution is 5.79. The van der Waals surface area contributed by atoms with E-state index in [-0.39, 0.29) is 0 Å². The molecule has 25 heavy (non-hydrogen) atoms. The Balaban J connectivity index is 1.95. The highest BCUT2D eigenvalue weighted by Gasteiger charge is 2.13. The Morgan fingerprint density at radius 2 is 1.80 bits per heavy atom. The van der Waals surface area contributed by atoms with E-state index in [1.165, 1.54) is 0 Å². The van der Waals surface area contributed by atoms with Crippen molar-refractivity contribution in [2.75, 3.05) is 34.9 Å². The van der Waals surface area contributed by atoms with E-state index in [0.717, 1.165) is 22.8 Å². The van der Waals surface area contributed by atoms with Crippen molar-refractivity contribution in [3.05, 3.63) is 41.9 Å². The molecule has 1 aromatic carbocycles. The molecule has 0 fully saturated rings. The lowest BCUT2D eigenvalue weighted by molar-refractivity contribution is 0.368. The van der Waals surface area contributed by atoms with Crippen LogP contribution in [0.25, 0.3) is 0 Å². The van der Waals surface area contributed by atoms with E-state index in [4.69, 9.17) is 18.6 Å². The van der Waals surface area contributed by atoms with Crippen LogP contribution in [0, 0.1) is 0 Å². The van der Waals surface area contributed by atoms with Crippen LogP contribution in [-0.4, -0.2) is 40.9 Å². The molecule has 2 rings (SSSR count). The fourth-order valence-corrected chi connectivity index (χ4v) is 2.43. The summed E-state index contributed by atoms with van der Waals surface area (Å²) in [5, 5.41) is 6.46. The van der Waals surface area contributed by atoms with E-state index < -0.39 is 0 Å². The molecule has 0 aliphatic rings. The van der Waals surface area contributed by atoms with Crippen molar-refractivity contribution >= 4 is 5.96 Å². The van der Waals surface area contributed by atoms with Gasteiger partial charge >= 0.3 is 0 Å². The van der Waals surface area contributed by atoms with Crippen molar-refractivity contribution < 1.29 is 18.6 Å². The fraction of sp³-hybridized carbons (Fsp3) is 0.389. The number of hydrogen-bond acceptors (Lipinski definition) is 5. The summed E-state index contributed by atoms with van der Waals surface area (Å²) < 4.78 is 21.5. The van der Waals surface area contributed by atoms with E-state index >= 15 is 0 Å². The van der Waals surface area contributed by atoms with E-state index in [1.807, 2.05) is 24.3 Å². The van der Waals surface area contributed by atoms with Gasteiger partial charge < -0.3 is 29.3 Å². The maximum atomic E-state index is 5.46. The summed E-state index contributed by atoms with van der Waals surface area (Å²) in [6, 6.07) is 7.46. The minimum absolute atomic E-state index is 0.571. The zero-order valence-electron chi connectivity index (χ0n) is 15.1. The molecule has 1 aromatic heterocycles. The molecule has 136 valence electrons. The van der Waals surface area contributed by atoms with Crippen molar-refractivity contribution in [1.29, 1.82) is 0 Å². The first-order valence-electron chi connectivity index (χ1n) is 7.97. The second-order valence-corrected chi connectivity index (χ2v) is 5.19. The lowest BCUT2D eigenvalue weighted by Gasteiger charge is -2.16. The first kappa shape index (κ1) is 18.5. The molecule has 0 amide bonds. The number of nitrogens with zero attached hydrogens (tertiary/aromatic N) is 1. The first-order chi connectivity index (χ1) is 12.2. The molecular weight excluding hydrogens is 322 g/mol. The predicted octanol–water partition coefficient (Wildman–Crippen LogP) is 2.21. The minimum Gasteiger partial charge on any atom is -0.496 e. The smallest absolute Gasteiger partial charge is 0.191 e. The summed E-state index contributed by atoms with van der Waals surface area (Å²) in [4.78, 5) is 4.20. The predicted molar refractivity (Wildman–Crippen MR) is 96.7 cm³/mol. The maximum Gasteiger partial charge on any atom is 0.191 e. The van der Waals surface area contributed by atoms with Crippen molar-refractivity contribution in [3.8, 4) is 17.2 Å². The van der Waals surface area contributed by atoms with E-state index in [9.17, 15) is 0 Å². The number of guanidine groups is 1. The van der Waals surface area contributed by atoms with Gasteiger partial charge in [-0.25, -0.2) is 0 Å². The topological polar surface area (TPSA) is 77.3 Å². The summed E-state index contributed by atoms with van der Waals surface area (Å²) in [6.07, 6.45) is 2.35. The van der Waals surface area contributed by atoms with Crippen LogP contribution in [-0.2, 0) is 13.0 Å². The summed E-state index contributed by atoms with van der Waals surface area (Å²) in [5.74, 6) is 3.71. The van der Waals surface area contributed by atoms with Crippen LogP contribution in [0.15, 0.2) is 39.9 Å². The molecular formula is C18H25N3O4. The number of benzene rings is 1. The Morgan fingerprint density at radius 1 is 1.08 bits per heavy atom. The summed E-state index contributed by atoms with van der Waals surface area (Å²) in [6.45, 7) is 1.23. The first-order valence-corrected chi connectivity index (χ1v) is 7.97. The lowest BCUT2D eigenvalue weighted by atomic mass is 10.1. The Hall–Kier alpha value is -2.83. The molecule has 7 heteroatoms. The summed E-state index contributed by atoms with van der Waals surface area (Å²) in [5.41, 5.74) is 0.972. The zero-order valence-corrected chi connectivity index (χ0v) is 15.1. The van der Waals surface area contributed by atoms with Gasteiger partial charge in [-0.3, -0.25) is 4.99 Å². The monoisotopic (exact) mass is 347 g/mol. The van der Waals surface area contributed by atoms with E-state index in [0.29, 0.717) is 31.2 Å². The Morgan fingerprint density at radius 3 is 2.32 bits per heavy atom. The standard InChI is InChI=1S/C18H25N3O4/c1-19-18(21-12-13-6-5-9-25-13)20-8-7-15-16(23-3)10-14(22-2)11-17(15)24-4/h5-6,9-11H,7-8,12H2,1-4H3,(H2,19,20,21). The van der Waals surface area contributed by atoms with Crippen molar-refractivity contribution in [1.82, 2.24) is 10.6 Å². The Bertz CT molecular complexity index is 659. The average molecular weight is 347 g/mol. The molecule has 0 saturated carbocycles.